The third kappa shape index (κ3) is 5.81. The van der Waals surface area contributed by atoms with Crippen molar-refractivity contribution in [1.82, 2.24) is 19.8 Å². The van der Waals surface area contributed by atoms with Crippen LogP contribution in [0.2, 0.25) is 0 Å². The fourth-order valence-electron chi connectivity index (χ4n) is 4.63. The lowest BCUT2D eigenvalue weighted by molar-refractivity contribution is -0.125. The summed E-state index contributed by atoms with van der Waals surface area (Å²) in [5.74, 6) is 0.607. The number of sulfonamides is 1. The van der Waals surface area contributed by atoms with Gasteiger partial charge in [0.15, 0.2) is 11.5 Å². The lowest BCUT2D eigenvalue weighted by atomic mass is 9.96. The Labute approximate surface area is 201 Å². The maximum atomic E-state index is 13.2. The zero-order chi connectivity index (χ0) is 24.1. The number of carbonyl (C=O) groups is 2. The van der Waals surface area contributed by atoms with Crippen LogP contribution in [0.15, 0.2) is 23.1 Å². The quantitative estimate of drug-likeness (QED) is 0.640. The van der Waals surface area contributed by atoms with Gasteiger partial charge in [-0.15, -0.1) is 0 Å². The van der Waals surface area contributed by atoms with Crippen molar-refractivity contribution in [2.75, 3.05) is 39.4 Å². The highest BCUT2D eigenvalue weighted by atomic mass is 32.2. The average molecular weight is 495 g/mol. The van der Waals surface area contributed by atoms with Gasteiger partial charge in [0.05, 0.1) is 24.2 Å². The minimum atomic E-state index is -3.71. The smallest absolute Gasteiger partial charge is 0.321 e. The third-order valence-corrected chi connectivity index (χ3v) is 8.63. The molecular weight excluding hydrogens is 460 g/mol. The molecule has 2 heterocycles. The number of urea groups is 1. The molecule has 1 saturated carbocycles. The molecule has 3 amide bonds. The number of amides is 3. The molecule has 0 radical (unpaired) electrons. The monoisotopic (exact) mass is 494 g/mol. The highest BCUT2D eigenvalue weighted by Gasteiger charge is 2.33. The van der Waals surface area contributed by atoms with Gasteiger partial charge in [-0.05, 0) is 31.9 Å². The Morgan fingerprint density at radius 3 is 2.35 bits per heavy atom. The molecule has 10 nitrogen and oxygen atoms in total. The molecule has 34 heavy (non-hydrogen) atoms. The highest BCUT2D eigenvalue weighted by Crippen LogP contribution is 2.33. The predicted molar refractivity (Wildman–Crippen MR) is 125 cm³/mol. The number of ether oxygens (including phenoxy) is 2. The molecule has 1 aromatic rings. The molecule has 0 aromatic heterocycles. The first-order valence-corrected chi connectivity index (χ1v) is 13.5. The van der Waals surface area contributed by atoms with Crippen molar-refractivity contribution in [2.24, 2.45) is 0 Å². The van der Waals surface area contributed by atoms with Crippen molar-refractivity contribution in [2.45, 2.75) is 62.4 Å². The Balaban J connectivity index is 1.30. The molecule has 1 saturated heterocycles. The second kappa shape index (κ2) is 10.9. The molecule has 4 rings (SSSR count). The van der Waals surface area contributed by atoms with Crippen LogP contribution in [0.4, 0.5) is 4.79 Å². The molecule has 1 aromatic carbocycles. The summed E-state index contributed by atoms with van der Waals surface area (Å²) in [6.07, 6.45) is 6.00. The van der Waals surface area contributed by atoms with E-state index in [1.54, 1.807) is 13.0 Å². The first kappa shape index (κ1) is 24.7. The molecule has 188 valence electrons. The zero-order valence-corrected chi connectivity index (χ0v) is 20.4. The lowest BCUT2D eigenvalue weighted by Gasteiger charge is -2.36. The molecule has 1 unspecified atom stereocenters. The van der Waals surface area contributed by atoms with Gasteiger partial charge in [0.2, 0.25) is 15.9 Å². The molecule has 1 aliphatic carbocycles. The summed E-state index contributed by atoms with van der Waals surface area (Å²) in [7, 11) is -3.71. The molecule has 0 bridgehead atoms. The van der Waals surface area contributed by atoms with Gasteiger partial charge in [0, 0.05) is 44.7 Å². The summed E-state index contributed by atoms with van der Waals surface area (Å²) < 4.78 is 39.0. The predicted octanol–water partition coefficient (Wildman–Crippen LogP) is 1.70. The summed E-state index contributed by atoms with van der Waals surface area (Å²) >= 11 is 0. The third-order valence-electron chi connectivity index (χ3n) is 6.73. The number of hydrogen-bond acceptors (Lipinski definition) is 7. The molecule has 2 fully saturated rings. The van der Waals surface area contributed by atoms with E-state index in [2.05, 4.69) is 10.6 Å². The molecule has 3 aliphatic rings. The van der Waals surface area contributed by atoms with Gasteiger partial charge in [-0.25, -0.2) is 13.2 Å². The average Bonchev–Trinajstić information content (AvgIpc) is 3.09. The van der Waals surface area contributed by atoms with Crippen molar-refractivity contribution in [1.29, 1.82) is 0 Å². The Kier molecular flexibility index (Phi) is 7.95. The Hall–Kier alpha value is -2.37. The number of hydrogen-bond donors (Lipinski definition) is 2. The fraction of sp³-hybridized carbons (Fsp3) is 0.652. The number of carbonyl (C=O) groups excluding carboxylic acids is 2. The Morgan fingerprint density at radius 2 is 1.65 bits per heavy atom. The standard InChI is InChI=1S/C23H34N4O6S/c1-17(22(28)25-23(29)24-18-6-3-2-4-7-18)26-10-12-27(13-11-26)34(30,31)19-8-9-20-21(16-19)33-15-5-14-32-20/h8-9,16-18H,2-7,10-15H2,1H3,(H2,24,25,28,29). The second-order valence-electron chi connectivity index (χ2n) is 9.07. The topological polar surface area (TPSA) is 117 Å². The van der Waals surface area contributed by atoms with Crippen molar-refractivity contribution in [3.63, 3.8) is 0 Å². The number of benzene rings is 1. The van der Waals surface area contributed by atoms with Gasteiger partial charge in [-0.1, -0.05) is 19.3 Å². The molecule has 0 spiro atoms. The number of nitrogens with one attached hydrogen (secondary N) is 2. The van der Waals surface area contributed by atoms with Crippen molar-refractivity contribution < 1.29 is 27.5 Å². The molecule has 11 heteroatoms. The Bertz CT molecular complexity index is 987. The Morgan fingerprint density at radius 1 is 0.971 bits per heavy atom. The van der Waals surface area contributed by atoms with Gasteiger partial charge in [-0.3, -0.25) is 15.0 Å². The minimum Gasteiger partial charge on any atom is -0.490 e. The molecule has 1 atom stereocenters. The van der Waals surface area contributed by atoms with E-state index in [1.807, 2.05) is 4.90 Å². The van der Waals surface area contributed by atoms with Crippen molar-refractivity contribution in [3.05, 3.63) is 18.2 Å². The minimum absolute atomic E-state index is 0.121. The molecule has 2 N–H and O–H groups in total. The van der Waals surface area contributed by atoms with Crippen LogP contribution in [0, 0.1) is 0 Å². The maximum absolute atomic E-state index is 13.2. The molecule has 2 aliphatic heterocycles. The zero-order valence-electron chi connectivity index (χ0n) is 19.6. The highest BCUT2D eigenvalue weighted by molar-refractivity contribution is 7.89. The van der Waals surface area contributed by atoms with E-state index in [0.29, 0.717) is 37.8 Å². The van der Waals surface area contributed by atoms with E-state index in [-0.39, 0.29) is 29.9 Å². The van der Waals surface area contributed by atoms with Gasteiger partial charge in [0.1, 0.15) is 0 Å². The van der Waals surface area contributed by atoms with E-state index in [9.17, 15) is 18.0 Å². The van der Waals surface area contributed by atoms with Crippen LogP contribution >= 0.6 is 0 Å². The number of imide groups is 1. The number of piperazine rings is 1. The fourth-order valence-corrected chi connectivity index (χ4v) is 6.07. The van der Waals surface area contributed by atoms with E-state index in [0.717, 1.165) is 32.1 Å². The van der Waals surface area contributed by atoms with E-state index in [1.165, 1.54) is 22.9 Å². The molecular formula is C23H34N4O6S. The number of rotatable bonds is 5. The normalized spacial score (nSPS) is 21.3. The summed E-state index contributed by atoms with van der Waals surface area (Å²) in [6.45, 7) is 4.04. The van der Waals surface area contributed by atoms with Crippen LogP contribution in [0.25, 0.3) is 0 Å². The van der Waals surface area contributed by atoms with Gasteiger partial charge >= 0.3 is 6.03 Å². The first-order chi connectivity index (χ1) is 16.3. The summed E-state index contributed by atoms with van der Waals surface area (Å²) in [4.78, 5) is 26.8. The summed E-state index contributed by atoms with van der Waals surface area (Å²) in [5.41, 5.74) is 0. The van der Waals surface area contributed by atoms with E-state index in [4.69, 9.17) is 9.47 Å². The van der Waals surface area contributed by atoms with Crippen LogP contribution in [-0.4, -0.2) is 81.0 Å². The lowest BCUT2D eigenvalue weighted by Crippen LogP contribution is -2.56. The van der Waals surface area contributed by atoms with E-state index < -0.39 is 22.1 Å². The van der Waals surface area contributed by atoms with Crippen LogP contribution < -0.4 is 20.1 Å². The van der Waals surface area contributed by atoms with Crippen molar-refractivity contribution >= 4 is 22.0 Å². The summed E-state index contributed by atoms with van der Waals surface area (Å²) in [5, 5.41) is 5.32. The van der Waals surface area contributed by atoms with E-state index >= 15 is 0 Å². The first-order valence-electron chi connectivity index (χ1n) is 12.1. The largest absolute Gasteiger partial charge is 0.490 e. The second-order valence-corrected chi connectivity index (χ2v) is 11.0. The van der Waals surface area contributed by atoms with Crippen LogP contribution in [0.1, 0.15) is 45.4 Å². The van der Waals surface area contributed by atoms with Gasteiger partial charge in [-0.2, -0.15) is 4.31 Å². The van der Waals surface area contributed by atoms with Gasteiger partial charge < -0.3 is 14.8 Å². The number of fused-ring (bicyclic) bond motifs is 1. The van der Waals surface area contributed by atoms with Gasteiger partial charge in [0.25, 0.3) is 0 Å². The number of nitrogens with zero attached hydrogens (tertiary/aromatic N) is 2. The summed E-state index contributed by atoms with van der Waals surface area (Å²) in [6, 6.07) is 3.81. The van der Waals surface area contributed by atoms with Crippen LogP contribution in [-0.2, 0) is 14.8 Å². The van der Waals surface area contributed by atoms with Crippen LogP contribution in [0.3, 0.4) is 0 Å². The maximum Gasteiger partial charge on any atom is 0.321 e. The SMILES string of the molecule is CC(C(=O)NC(=O)NC1CCCCC1)N1CCN(S(=O)(=O)c2ccc3c(c2)OCCCO3)CC1. The van der Waals surface area contributed by atoms with Crippen LogP contribution in [0.5, 0.6) is 11.5 Å². The van der Waals surface area contributed by atoms with Crippen molar-refractivity contribution in [3.8, 4) is 11.5 Å².